The number of unbranched alkanes of at least 4 members (excludes halogenated alkanes) is 5. The molecule has 0 spiro atoms. The summed E-state index contributed by atoms with van der Waals surface area (Å²) in [6.07, 6.45) is 17.4. The Balaban J connectivity index is 0.984. The van der Waals surface area contributed by atoms with Gasteiger partial charge in [-0.2, -0.15) is 10.2 Å². The number of benzene rings is 2. The Hall–Kier alpha value is -3.28. The van der Waals surface area contributed by atoms with Crippen LogP contribution in [0.1, 0.15) is 97.6 Å². The third-order valence-corrected chi connectivity index (χ3v) is 7.11. The third kappa shape index (κ3) is 8.14. The second-order valence-electron chi connectivity index (χ2n) is 9.97. The van der Waals surface area contributed by atoms with Gasteiger partial charge in [-0.3, -0.25) is 9.59 Å². The molecule has 0 heterocycles. The molecule has 2 aliphatic carbocycles. The average Bonchev–Trinajstić information content (AvgIpc) is 3.54. The molecule has 2 aromatic rings. The Morgan fingerprint density at radius 3 is 1.50 bits per heavy atom. The highest BCUT2D eigenvalue weighted by molar-refractivity contribution is 5.83. The van der Waals surface area contributed by atoms with E-state index in [1.807, 2.05) is 0 Å². The predicted molar refractivity (Wildman–Crippen MR) is 145 cm³/mol. The minimum absolute atomic E-state index is 0.0375. The van der Waals surface area contributed by atoms with Crippen LogP contribution in [-0.4, -0.2) is 24.2 Å². The summed E-state index contributed by atoms with van der Waals surface area (Å²) >= 11 is 0. The highest BCUT2D eigenvalue weighted by Gasteiger charge is 2.11. The summed E-state index contributed by atoms with van der Waals surface area (Å²) < 4.78 is 0. The first-order valence-corrected chi connectivity index (χ1v) is 13.5. The molecule has 0 fully saturated rings. The molecule has 0 aliphatic heterocycles. The Kier molecular flexibility index (Phi) is 9.83. The molecule has 2 amide bonds. The number of aryl methyl sites for hydroxylation is 4. The van der Waals surface area contributed by atoms with Gasteiger partial charge in [0.1, 0.15) is 0 Å². The van der Waals surface area contributed by atoms with Crippen molar-refractivity contribution in [2.24, 2.45) is 10.2 Å². The second-order valence-corrected chi connectivity index (χ2v) is 9.97. The monoisotopic (exact) mass is 486 g/mol. The summed E-state index contributed by atoms with van der Waals surface area (Å²) in [6.45, 7) is 0. The smallest absolute Gasteiger partial charge is 0.240 e. The number of carbonyl (C=O) groups is 2. The van der Waals surface area contributed by atoms with Gasteiger partial charge in [0, 0.05) is 12.8 Å². The van der Waals surface area contributed by atoms with Gasteiger partial charge in [0.05, 0.1) is 12.4 Å². The van der Waals surface area contributed by atoms with Crippen molar-refractivity contribution in [1.29, 1.82) is 0 Å². The summed E-state index contributed by atoms with van der Waals surface area (Å²) in [5.74, 6) is -0.0750. The van der Waals surface area contributed by atoms with Crippen molar-refractivity contribution in [3.8, 4) is 0 Å². The molecule has 190 valence electrons. The lowest BCUT2D eigenvalue weighted by Gasteiger charge is -2.03. The van der Waals surface area contributed by atoms with Gasteiger partial charge in [0.25, 0.3) is 0 Å². The molecule has 0 unspecified atom stereocenters. The van der Waals surface area contributed by atoms with Crippen molar-refractivity contribution in [2.45, 2.75) is 89.9 Å². The molecule has 0 aromatic heterocycles. The van der Waals surface area contributed by atoms with Crippen LogP contribution in [0.3, 0.4) is 0 Å². The lowest BCUT2D eigenvalue weighted by molar-refractivity contribution is -0.122. The van der Waals surface area contributed by atoms with Crippen molar-refractivity contribution in [1.82, 2.24) is 10.9 Å². The number of hydrogen-bond donors (Lipinski definition) is 2. The number of nitrogens with zero attached hydrogens (tertiary/aromatic N) is 2. The number of hydrazone groups is 2. The molecule has 6 heteroatoms. The molecule has 0 saturated carbocycles. The number of carbonyl (C=O) groups excluding carboxylic acids is 2. The minimum Gasteiger partial charge on any atom is -0.273 e. The maximum Gasteiger partial charge on any atom is 0.240 e. The summed E-state index contributed by atoms with van der Waals surface area (Å²) in [5, 5.41) is 8.21. The van der Waals surface area contributed by atoms with E-state index in [4.69, 9.17) is 0 Å². The highest BCUT2D eigenvalue weighted by Crippen LogP contribution is 2.23. The summed E-state index contributed by atoms with van der Waals surface area (Å²) in [4.78, 5) is 24.0. The molecule has 0 saturated heterocycles. The summed E-state index contributed by atoms with van der Waals surface area (Å²) in [6, 6.07) is 12.8. The predicted octanol–water partition coefficient (Wildman–Crippen LogP) is 5.39. The molecule has 0 radical (unpaired) electrons. The van der Waals surface area contributed by atoms with Crippen LogP contribution in [0.5, 0.6) is 0 Å². The van der Waals surface area contributed by atoms with Crippen molar-refractivity contribution in [3.63, 3.8) is 0 Å². The number of amides is 2. The zero-order valence-corrected chi connectivity index (χ0v) is 21.2. The fourth-order valence-corrected chi connectivity index (χ4v) is 5.09. The molecule has 36 heavy (non-hydrogen) atoms. The fourth-order valence-electron chi connectivity index (χ4n) is 5.09. The average molecular weight is 487 g/mol. The van der Waals surface area contributed by atoms with Crippen LogP contribution in [0.4, 0.5) is 0 Å². The number of nitrogens with one attached hydrogen (secondary N) is 2. The number of hydrogen-bond acceptors (Lipinski definition) is 4. The van der Waals surface area contributed by atoms with Gasteiger partial charge in [0.15, 0.2) is 0 Å². The zero-order chi connectivity index (χ0) is 25.0. The molecule has 4 rings (SSSR count). The number of rotatable bonds is 13. The molecule has 2 aromatic carbocycles. The molecular formula is C30H38N4O2. The lowest BCUT2D eigenvalue weighted by atomic mass is 10.1. The van der Waals surface area contributed by atoms with Crippen LogP contribution in [0.2, 0.25) is 0 Å². The minimum atomic E-state index is -0.0375. The summed E-state index contributed by atoms with van der Waals surface area (Å²) in [7, 11) is 0. The van der Waals surface area contributed by atoms with Crippen LogP contribution < -0.4 is 10.9 Å². The molecule has 0 atom stereocenters. The van der Waals surface area contributed by atoms with Gasteiger partial charge in [-0.05, 0) is 96.9 Å². The SMILES string of the molecule is O=C(CCCCCCCCC(=O)N/N=C/c1ccc2c(c1)CCC2)N/N=C\c1ccc2c(c1)CCC2. The molecule has 2 aliphatic rings. The third-order valence-electron chi connectivity index (χ3n) is 7.11. The van der Waals surface area contributed by atoms with Crippen molar-refractivity contribution >= 4 is 24.2 Å². The lowest BCUT2D eigenvalue weighted by Crippen LogP contribution is -2.17. The van der Waals surface area contributed by atoms with E-state index in [-0.39, 0.29) is 11.8 Å². The Morgan fingerprint density at radius 1 is 0.611 bits per heavy atom. The van der Waals surface area contributed by atoms with Gasteiger partial charge in [0.2, 0.25) is 11.8 Å². The molecular weight excluding hydrogens is 448 g/mol. The van der Waals surface area contributed by atoms with E-state index in [2.05, 4.69) is 57.5 Å². The van der Waals surface area contributed by atoms with Gasteiger partial charge < -0.3 is 0 Å². The van der Waals surface area contributed by atoms with E-state index in [0.717, 1.165) is 62.5 Å². The summed E-state index contributed by atoms with van der Waals surface area (Å²) in [5.41, 5.74) is 13.0. The maximum absolute atomic E-state index is 12.0. The first-order valence-electron chi connectivity index (χ1n) is 13.5. The zero-order valence-electron chi connectivity index (χ0n) is 21.2. The molecule has 6 nitrogen and oxygen atoms in total. The van der Waals surface area contributed by atoms with Crippen molar-refractivity contribution < 1.29 is 9.59 Å². The van der Waals surface area contributed by atoms with Crippen LogP contribution in [-0.2, 0) is 35.3 Å². The normalized spacial score (nSPS) is 14.3. The molecule has 0 bridgehead atoms. The van der Waals surface area contributed by atoms with E-state index >= 15 is 0 Å². The largest absolute Gasteiger partial charge is 0.273 e. The van der Waals surface area contributed by atoms with E-state index < -0.39 is 0 Å². The van der Waals surface area contributed by atoms with E-state index in [9.17, 15) is 9.59 Å². The quantitative estimate of drug-likeness (QED) is 0.226. The van der Waals surface area contributed by atoms with Crippen LogP contribution in [0.25, 0.3) is 0 Å². The van der Waals surface area contributed by atoms with E-state index in [1.165, 1.54) is 47.9 Å². The topological polar surface area (TPSA) is 82.9 Å². The number of fused-ring (bicyclic) bond motifs is 2. The standard InChI is InChI=1S/C30H38N4O2/c35-29(33-31-21-23-15-17-25-9-7-11-27(25)19-23)13-5-3-1-2-4-6-14-30(36)34-32-22-24-16-18-26-10-8-12-28(26)20-24/h15-22H,1-14H2,(H,33,35)(H,34,36)/b31-21-,32-22+. The Bertz CT molecular complexity index is 1020. The van der Waals surface area contributed by atoms with E-state index in [1.54, 1.807) is 12.4 Å². The van der Waals surface area contributed by atoms with Gasteiger partial charge in [-0.25, -0.2) is 10.9 Å². The van der Waals surface area contributed by atoms with Crippen molar-refractivity contribution in [3.05, 3.63) is 69.8 Å². The first kappa shape index (κ1) is 25.8. The van der Waals surface area contributed by atoms with Crippen LogP contribution in [0.15, 0.2) is 46.6 Å². The Labute approximate surface area is 214 Å². The van der Waals surface area contributed by atoms with Gasteiger partial charge in [-0.1, -0.05) is 49.9 Å². The first-order chi connectivity index (χ1) is 17.7. The maximum atomic E-state index is 12.0. The van der Waals surface area contributed by atoms with Crippen LogP contribution in [0, 0.1) is 0 Å². The van der Waals surface area contributed by atoms with Gasteiger partial charge >= 0.3 is 0 Å². The second kappa shape index (κ2) is 13.7. The van der Waals surface area contributed by atoms with Crippen molar-refractivity contribution in [2.75, 3.05) is 0 Å². The highest BCUT2D eigenvalue weighted by atomic mass is 16.2. The Morgan fingerprint density at radius 2 is 1.03 bits per heavy atom. The fraction of sp³-hybridized carbons (Fsp3) is 0.467. The van der Waals surface area contributed by atoms with E-state index in [0.29, 0.717) is 12.8 Å². The van der Waals surface area contributed by atoms with Gasteiger partial charge in [-0.15, -0.1) is 0 Å². The van der Waals surface area contributed by atoms with Crippen LogP contribution >= 0.6 is 0 Å². The molecule has 2 N–H and O–H groups in total.